The van der Waals surface area contributed by atoms with Gasteiger partial charge in [-0.2, -0.15) is 0 Å². The molecule has 1 aromatic carbocycles. The first-order valence-electron chi connectivity index (χ1n) is 6.32. The van der Waals surface area contributed by atoms with Crippen LogP contribution < -0.4 is 0 Å². The molecule has 0 fully saturated rings. The second-order valence-corrected chi connectivity index (χ2v) is 5.37. The third-order valence-corrected chi connectivity index (χ3v) is 3.54. The Bertz CT molecular complexity index is 401. The molecule has 0 bridgehead atoms. The van der Waals surface area contributed by atoms with Crippen molar-refractivity contribution in [3.05, 3.63) is 34.3 Å². The Morgan fingerprint density at radius 1 is 1.41 bits per heavy atom. The summed E-state index contributed by atoms with van der Waals surface area (Å²) in [7, 11) is 0. The van der Waals surface area contributed by atoms with Gasteiger partial charge in [-0.15, -0.1) is 0 Å². The number of rotatable bonds is 5. The van der Waals surface area contributed by atoms with Gasteiger partial charge < -0.3 is 4.90 Å². The zero-order valence-electron chi connectivity index (χ0n) is 10.3. The summed E-state index contributed by atoms with van der Waals surface area (Å²) in [5, 5.41) is 0. The highest BCUT2D eigenvalue weighted by Crippen LogP contribution is 2.16. The van der Waals surface area contributed by atoms with Crippen molar-refractivity contribution < 1.29 is 0 Å². The molecule has 3 heteroatoms. The molecule has 0 atom stereocenters. The summed E-state index contributed by atoms with van der Waals surface area (Å²) in [5.41, 5.74) is 1.35. The Labute approximate surface area is 112 Å². The van der Waals surface area contributed by atoms with Crippen LogP contribution in [0.4, 0.5) is 0 Å². The van der Waals surface area contributed by atoms with Crippen LogP contribution in [0, 0.1) is 0 Å². The standard InChI is InChI=1S/C14H19BrN2/c1-2-3-7-14-16-8-9-17(14)11-12-5-4-6-13(15)10-12/h4-6,10H,2-3,7-9,11H2,1H3. The highest BCUT2D eigenvalue weighted by Gasteiger charge is 2.16. The Morgan fingerprint density at radius 3 is 3.06 bits per heavy atom. The second kappa shape index (κ2) is 6.20. The van der Waals surface area contributed by atoms with Crippen LogP contribution in [0.1, 0.15) is 31.7 Å². The summed E-state index contributed by atoms with van der Waals surface area (Å²) >= 11 is 3.52. The fourth-order valence-electron chi connectivity index (χ4n) is 2.13. The summed E-state index contributed by atoms with van der Waals surface area (Å²) in [5.74, 6) is 1.30. The first-order chi connectivity index (χ1) is 8.29. The first kappa shape index (κ1) is 12.6. The van der Waals surface area contributed by atoms with E-state index >= 15 is 0 Å². The van der Waals surface area contributed by atoms with Crippen LogP contribution >= 0.6 is 15.9 Å². The minimum absolute atomic E-state index is 0.965. The van der Waals surface area contributed by atoms with Crippen molar-refractivity contribution in [2.45, 2.75) is 32.7 Å². The van der Waals surface area contributed by atoms with E-state index in [4.69, 9.17) is 0 Å². The summed E-state index contributed by atoms with van der Waals surface area (Å²) in [6.45, 7) is 5.26. The summed E-state index contributed by atoms with van der Waals surface area (Å²) in [6.07, 6.45) is 3.61. The van der Waals surface area contributed by atoms with Gasteiger partial charge in [-0.3, -0.25) is 4.99 Å². The van der Waals surface area contributed by atoms with E-state index in [-0.39, 0.29) is 0 Å². The van der Waals surface area contributed by atoms with Gasteiger partial charge in [0, 0.05) is 24.0 Å². The van der Waals surface area contributed by atoms with E-state index in [2.05, 4.69) is 57.0 Å². The quantitative estimate of drug-likeness (QED) is 0.805. The first-order valence-corrected chi connectivity index (χ1v) is 7.11. The molecule has 0 unspecified atom stereocenters. The number of amidine groups is 1. The highest BCUT2D eigenvalue weighted by atomic mass is 79.9. The fourth-order valence-corrected chi connectivity index (χ4v) is 2.57. The van der Waals surface area contributed by atoms with E-state index in [0.29, 0.717) is 0 Å². The maximum absolute atomic E-state index is 4.60. The number of unbranched alkanes of at least 4 members (excludes halogenated alkanes) is 1. The average molecular weight is 295 g/mol. The van der Waals surface area contributed by atoms with Crippen molar-refractivity contribution in [3.63, 3.8) is 0 Å². The van der Waals surface area contributed by atoms with Crippen LogP contribution in [-0.2, 0) is 6.54 Å². The van der Waals surface area contributed by atoms with Gasteiger partial charge in [0.2, 0.25) is 0 Å². The zero-order chi connectivity index (χ0) is 12.1. The molecule has 0 aliphatic carbocycles. The third kappa shape index (κ3) is 3.56. The number of nitrogens with zero attached hydrogens (tertiary/aromatic N) is 2. The molecule has 0 spiro atoms. The number of aliphatic imine (C=N–C) groups is 1. The Hall–Kier alpha value is -0.830. The fraction of sp³-hybridized carbons (Fsp3) is 0.500. The molecule has 2 rings (SSSR count). The molecular formula is C14H19BrN2. The monoisotopic (exact) mass is 294 g/mol. The molecule has 0 radical (unpaired) electrons. The normalized spacial score (nSPS) is 15.2. The summed E-state index contributed by atoms with van der Waals surface area (Å²) < 4.78 is 1.15. The molecule has 1 aliphatic rings. The molecule has 0 aromatic heterocycles. The lowest BCUT2D eigenvalue weighted by Crippen LogP contribution is -2.27. The predicted molar refractivity (Wildman–Crippen MR) is 76.4 cm³/mol. The van der Waals surface area contributed by atoms with Gasteiger partial charge in [0.1, 0.15) is 0 Å². The lowest BCUT2D eigenvalue weighted by atomic mass is 10.2. The van der Waals surface area contributed by atoms with Gasteiger partial charge in [0.15, 0.2) is 0 Å². The molecule has 17 heavy (non-hydrogen) atoms. The van der Waals surface area contributed by atoms with Crippen LogP contribution in [0.3, 0.4) is 0 Å². The average Bonchev–Trinajstić information content (AvgIpc) is 2.74. The van der Waals surface area contributed by atoms with Crippen molar-refractivity contribution in [2.24, 2.45) is 4.99 Å². The lowest BCUT2D eigenvalue weighted by Gasteiger charge is -2.20. The van der Waals surface area contributed by atoms with Crippen molar-refractivity contribution in [2.75, 3.05) is 13.1 Å². The Morgan fingerprint density at radius 2 is 2.29 bits per heavy atom. The molecule has 1 heterocycles. The van der Waals surface area contributed by atoms with Gasteiger partial charge in [0.25, 0.3) is 0 Å². The minimum atomic E-state index is 0.965. The molecule has 92 valence electrons. The van der Waals surface area contributed by atoms with E-state index in [9.17, 15) is 0 Å². The summed E-state index contributed by atoms with van der Waals surface area (Å²) in [6, 6.07) is 8.54. The topological polar surface area (TPSA) is 15.6 Å². The molecule has 0 saturated heterocycles. The zero-order valence-corrected chi connectivity index (χ0v) is 11.9. The van der Waals surface area contributed by atoms with Crippen molar-refractivity contribution in [1.29, 1.82) is 0 Å². The van der Waals surface area contributed by atoms with E-state index < -0.39 is 0 Å². The van der Waals surface area contributed by atoms with Crippen LogP contribution in [-0.4, -0.2) is 23.8 Å². The van der Waals surface area contributed by atoms with Gasteiger partial charge >= 0.3 is 0 Å². The Balaban J connectivity index is 1.96. The number of halogens is 1. The maximum atomic E-state index is 4.60. The van der Waals surface area contributed by atoms with Crippen molar-refractivity contribution in [1.82, 2.24) is 4.90 Å². The number of hydrogen-bond donors (Lipinski definition) is 0. The van der Waals surface area contributed by atoms with E-state index in [1.54, 1.807) is 0 Å². The molecule has 1 aromatic rings. The molecule has 2 nitrogen and oxygen atoms in total. The van der Waals surface area contributed by atoms with Crippen molar-refractivity contribution in [3.8, 4) is 0 Å². The largest absolute Gasteiger partial charge is 0.354 e. The summed E-state index contributed by atoms with van der Waals surface area (Å²) in [4.78, 5) is 7.02. The van der Waals surface area contributed by atoms with Crippen LogP contribution in [0.25, 0.3) is 0 Å². The van der Waals surface area contributed by atoms with E-state index in [0.717, 1.165) is 30.5 Å². The lowest BCUT2D eigenvalue weighted by molar-refractivity contribution is 0.442. The van der Waals surface area contributed by atoms with E-state index in [1.807, 2.05) is 0 Å². The third-order valence-electron chi connectivity index (χ3n) is 3.05. The molecule has 1 aliphatic heterocycles. The highest BCUT2D eigenvalue weighted by molar-refractivity contribution is 9.10. The van der Waals surface area contributed by atoms with Crippen LogP contribution in [0.5, 0.6) is 0 Å². The smallest absolute Gasteiger partial charge is 0.0993 e. The Kier molecular flexibility index (Phi) is 4.60. The minimum Gasteiger partial charge on any atom is -0.354 e. The van der Waals surface area contributed by atoms with E-state index in [1.165, 1.54) is 24.2 Å². The molecule has 0 saturated carbocycles. The molecule has 0 amide bonds. The molecular weight excluding hydrogens is 276 g/mol. The SMILES string of the molecule is CCCCC1=NCCN1Cc1cccc(Br)c1. The second-order valence-electron chi connectivity index (χ2n) is 4.45. The van der Waals surface area contributed by atoms with Crippen LogP contribution in [0.15, 0.2) is 33.7 Å². The predicted octanol–water partition coefficient (Wildman–Crippen LogP) is 3.85. The number of benzene rings is 1. The van der Waals surface area contributed by atoms with Crippen LogP contribution in [0.2, 0.25) is 0 Å². The van der Waals surface area contributed by atoms with Gasteiger partial charge in [0.05, 0.1) is 12.4 Å². The number of hydrogen-bond acceptors (Lipinski definition) is 2. The van der Waals surface area contributed by atoms with Crippen molar-refractivity contribution >= 4 is 21.8 Å². The van der Waals surface area contributed by atoms with Gasteiger partial charge in [-0.1, -0.05) is 41.4 Å². The van der Waals surface area contributed by atoms with Gasteiger partial charge in [-0.25, -0.2) is 0 Å². The molecule has 0 N–H and O–H groups in total. The maximum Gasteiger partial charge on any atom is 0.0993 e. The van der Waals surface area contributed by atoms with Gasteiger partial charge in [-0.05, 0) is 24.1 Å².